The zero-order valence-corrected chi connectivity index (χ0v) is 20.3. The number of carbonyl (C=O) groups excluding carboxylic acids is 1. The molecule has 0 aliphatic carbocycles. The molecule has 186 valence electrons. The van der Waals surface area contributed by atoms with Crippen molar-refractivity contribution in [3.8, 4) is 23.1 Å². The zero-order chi connectivity index (χ0) is 25.5. The SMILES string of the molecule is COc1cc2c(Oc3ccc(CC(=O)Nc4ccc(N(C)C)cn4)cc3)ncnc2cc1OCCO. The van der Waals surface area contributed by atoms with Crippen molar-refractivity contribution in [3.05, 3.63) is 66.6 Å². The number of hydrogen-bond acceptors (Lipinski definition) is 9. The summed E-state index contributed by atoms with van der Waals surface area (Å²) >= 11 is 0. The lowest BCUT2D eigenvalue weighted by Gasteiger charge is -2.13. The molecule has 0 radical (unpaired) electrons. The number of benzene rings is 2. The first kappa shape index (κ1) is 24.7. The molecule has 0 unspecified atom stereocenters. The van der Waals surface area contributed by atoms with Gasteiger partial charge < -0.3 is 29.5 Å². The van der Waals surface area contributed by atoms with E-state index in [0.29, 0.717) is 39.8 Å². The molecule has 2 heterocycles. The number of ether oxygens (including phenoxy) is 3. The second-order valence-corrected chi connectivity index (χ2v) is 8.04. The van der Waals surface area contributed by atoms with Crippen LogP contribution in [0.3, 0.4) is 0 Å². The highest BCUT2D eigenvalue weighted by atomic mass is 16.5. The lowest BCUT2D eigenvalue weighted by molar-refractivity contribution is -0.115. The number of fused-ring (bicyclic) bond motifs is 1. The molecule has 0 fully saturated rings. The van der Waals surface area contributed by atoms with Crippen LogP contribution in [0.1, 0.15) is 5.56 Å². The van der Waals surface area contributed by atoms with Crippen LogP contribution in [0.25, 0.3) is 10.9 Å². The molecule has 2 N–H and O–H groups in total. The van der Waals surface area contributed by atoms with Gasteiger partial charge >= 0.3 is 0 Å². The Morgan fingerprint density at radius 3 is 2.50 bits per heavy atom. The van der Waals surface area contributed by atoms with Crippen molar-refractivity contribution < 1.29 is 24.1 Å². The predicted molar refractivity (Wildman–Crippen MR) is 136 cm³/mol. The largest absolute Gasteiger partial charge is 0.493 e. The van der Waals surface area contributed by atoms with Gasteiger partial charge in [-0.05, 0) is 35.9 Å². The van der Waals surface area contributed by atoms with Gasteiger partial charge in [0, 0.05) is 20.2 Å². The van der Waals surface area contributed by atoms with Crippen LogP contribution in [0.2, 0.25) is 0 Å². The van der Waals surface area contributed by atoms with Gasteiger partial charge in [0.15, 0.2) is 11.5 Å². The monoisotopic (exact) mass is 489 g/mol. The van der Waals surface area contributed by atoms with Gasteiger partial charge in [-0.15, -0.1) is 0 Å². The Morgan fingerprint density at radius 1 is 1.03 bits per heavy atom. The molecule has 2 aromatic carbocycles. The van der Waals surface area contributed by atoms with Gasteiger partial charge in [0.25, 0.3) is 0 Å². The summed E-state index contributed by atoms with van der Waals surface area (Å²) in [4.78, 5) is 27.2. The molecule has 0 atom stereocenters. The molecule has 2 aromatic heterocycles. The number of aromatic nitrogens is 3. The molecule has 0 aliphatic rings. The second-order valence-electron chi connectivity index (χ2n) is 8.04. The molecule has 4 aromatic rings. The predicted octanol–water partition coefficient (Wildman–Crippen LogP) is 3.44. The minimum absolute atomic E-state index is 0.113. The minimum Gasteiger partial charge on any atom is -0.493 e. The summed E-state index contributed by atoms with van der Waals surface area (Å²) < 4.78 is 16.9. The van der Waals surface area contributed by atoms with E-state index < -0.39 is 0 Å². The van der Waals surface area contributed by atoms with Crippen LogP contribution in [0.4, 0.5) is 11.5 Å². The Kier molecular flexibility index (Phi) is 7.76. The number of methoxy groups -OCH3 is 1. The van der Waals surface area contributed by atoms with Gasteiger partial charge in [0.2, 0.25) is 11.8 Å². The number of aliphatic hydroxyl groups excluding tert-OH is 1. The lowest BCUT2D eigenvalue weighted by atomic mass is 10.1. The molecule has 0 bridgehead atoms. The maximum atomic E-state index is 12.4. The third-order valence-corrected chi connectivity index (χ3v) is 5.27. The number of anilines is 2. The standard InChI is InChI=1S/C26H27N5O5/c1-31(2)18-6-9-24(27-15-18)30-25(33)12-17-4-7-19(8-5-17)36-26-20-13-22(34-3)23(35-11-10-32)14-21(20)28-16-29-26/h4-9,13-16,32H,10-12H2,1-3H3,(H,27,30,33). The Labute approximate surface area is 208 Å². The van der Waals surface area contributed by atoms with E-state index in [9.17, 15) is 4.79 Å². The Balaban J connectivity index is 1.43. The number of pyridine rings is 1. The molecule has 10 nitrogen and oxygen atoms in total. The van der Waals surface area contributed by atoms with Gasteiger partial charge in [0.1, 0.15) is 24.5 Å². The maximum absolute atomic E-state index is 12.4. The first-order valence-electron chi connectivity index (χ1n) is 11.2. The van der Waals surface area contributed by atoms with Gasteiger partial charge in [-0.2, -0.15) is 0 Å². The third-order valence-electron chi connectivity index (χ3n) is 5.27. The van der Waals surface area contributed by atoms with Crippen molar-refractivity contribution >= 4 is 28.3 Å². The summed E-state index contributed by atoms with van der Waals surface area (Å²) in [5.41, 5.74) is 2.38. The third kappa shape index (κ3) is 5.97. The highest BCUT2D eigenvalue weighted by Gasteiger charge is 2.13. The van der Waals surface area contributed by atoms with Crippen LogP contribution >= 0.6 is 0 Å². The number of nitrogens with one attached hydrogen (secondary N) is 1. The molecular weight excluding hydrogens is 462 g/mol. The van der Waals surface area contributed by atoms with Crippen molar-refractivity contribution in [2.75, 3.05) is 44.6 Å². The van der Waals surface area contributed by atoms with E-state index >= 15 is 0 Å². The second kappa shape index (κ2) is 11.3. The van der Waals surface area contributed by atoms with E-state index in [1.165, 1.54) is 13.4 Å². The summed E-state index contributed by atoms with van der Waals surface area (Å²) in [5.74, 6) is 2.19. The minimum atomic E-state index is -0.165. The van der Waals surface area contributed by atoms with Crippen LogP contribution < -0.4 is 24.4 Å². The van der Waals surface area contributed by atoms with Crippen molar-refractivity contribution in [2.45, 2.75) is 6.42 Å². The van der Waals surface area contributed by atoms with Gasteiger partial charge in [-0.1, -0.05) is 12.1 Å². The van der Waals surface area contributed by atoms with E-state index in [2.05, 4.69) is 20.3 Å². The summed E-state index contributed by atoms with van der Waals surface area (Å²) in [6.07, 6.45) is 3.30. The van der Waals surface area contributed by atoms with Crippen molar-refractivity contribution in [2.24, 2.45) is 0 Å². The van der Waals surface area contributed by atoms with E-state index in [1.807, 2.05) is 37.2 Å². The van der Waals surface area contributed by atoms with Crippen LogP contribution in [-0.4, -0.2) is 60.4 Å². The molecule has 0 saturated heterocycles. The van der Waals surface area contributed by atoms with Crippen molar-refractivity contribution in [1.29, 1.82) is 0 Å². The number of carbonyl (C=O) groups is 1. The molecule has 0 aliphatic heterocycles. The summed E-state index contributed by atoms with van der Waals surface area (Å²) in [6, 6.07) is 14.3. The number of aliphatic hydroxyl groups is 1. The molecule has 4 rings (SSSR count). The molecule has 1 amide bonds. The van der Waals surface area contributed by atoms with E-state index in [-0.39, 0.29) is 25.5 Å². The number of hydrogen-bond donors (Lipinski definition) is 2. The highest BCUT2D eigenvalue weighted by molar-refractivity contribution is 5.91. The fraction of sp³-hybridized carbons (Fsp3) is 0.231. The molecule has 36 heavy (non-hydrogen) atoms. The Bertz CT molecular complexity index is 1330. The number of amides is 1. The maximum Gasteiger partial charge on any atom is 0.230 e. The van der Waals surface area contributed by atoms with Gasteiger partial charge in [-0.3, -0.25) is 4.79 Å². The van der Waals surface area contributed by atoms with Crippen molar-refractivity contribution in [1.82, 2.24) is 15.0 Å². The molecule has 0 saturated carbocycles. The summed E-state index contributed by atoms with van der Waals surface area (Å²) in [6.45, 7) is 0.0255. The smallest absolute Gasteiger partial charge is 0.230 e. The van der Waals surface area contributed by atoms with Crippen LogP contribution in [0.15, 0.2) is 61.1 Å². The van der Waals surface area contributed by atoms with E-state index in [4.69, 9.17) is 19.3 Å². The number of nitrogens with zero attached hydrogens (tertiary/aromatic N) is 4. The van der Waals surface area contributed by atoms with Crippen LogP contribution in [0.5, 0.6) is 23.1 Å². The Morgan fingerprint density at radius 2 is 1.83 bits per heavy atom. The average molecular weight is 490 g/mol. The molecule has 10 heteroatoms. The highest BCUT2D eigenvalue weighted by Crippen LogP contribution is 2.36. The van der Waals surface area contributed by atoms with Gasteiger partial charge in [-0.25, -0.2) is 15.0 Å². The van der Waals surface area contributed by atoms with Crippen LogP contribution in [-0.2, 0) is 11.2 Å². The normalized spacial score (nSPS) is 10.7. The Hall–Kier alpha value is -4.44. The lowest BCUT2D eigenvalue weighted by Crippen LogP contribution is -2.15. The van der Waals surface area contributed by atoms with Crippen molar-refractivity contribution in [3.63, 3.8) is 0 Å². The first-order valence-corrected chi connectivity index (χ1v) is 11.2. The number of rotatable bonds is 10. The quantitative estimate of drug-likeness (QED) is 0.345. The average Bonchev–Trinajstić information content (AvgIpc) is 2.88. The molecular formula is C26H27N5O5. The van der Waals surface area contributed by atoms with E-state index in [0.717, 1.165) is 11.3 Å². The van der Waals surface area contributed by atoms with Gasteiger partial charge in [0.05, 0.1) is 42.9 Å². The fourth-order valence-electron chi connectivity index (χ4n) is 3.43. The summed E-state index contributed by atoms with van der Waals surface area (Å²) in [7, 11) is 5.39. The van der Waals surface area contributed by atoms with E-state index in [1.54, 1.807) is 36.5 Å². The fourth-order valence-corrected chi connectivity index (χ4v) is 3.43. The first-order chi connectivity index (χ1) is 17.5. The van der Waals surface area contributed by atoms with Crippen LogP contribution in [0, 0.1) is 0 Å². The zero-order valence-electron chi connectivity index (χ0n) is 20.3. The molecule has 0 spiro atoms. The topological polar surface area (TPSA) is 119 Å². The summed E-state index contributed by atoms with van der Waals surface area (Å²) in [5, 5.41) is 12.5.